The van der Waals surface area contributed by atoms with Gasteiger partial charge in [0, 0.05) is 9.79 Å². The number of rotatable bonds is 15. The predicted molar refractivity (Wildman–Crippen MR) is 135 cm³/mol. The van der Waals surface area contributed by atoms with Crippen LogP contribution in [0, 0.1) is 0 Å². The second-order valence-corrected chi connectivity index (χ2v) is 13.0. The summed E-state index contributed by atoms with van der Waals surface area (Å²) in [5.41, 5.74) is 2.95. The molecule has 0 saturated heterocycles. The van der Waals surface area contributed by atoms with Gasteiger partial charge in [-0.25, -0.2) is 0 Å². The lowest BCUT2D eigenvalue weighted by atomic mass is 10.1. The highest BCUT2D eigenvalue weighted by molar-refractivity contribution is 9.26. The molecule has 0 aromatic heterocycles. The fourth-order valence-corrected chi connectivity index (χ4v) is 8.47. The van der Waals surface area contributed by atoms with Gasteiger partial charge in [0.15, 0.2) is 0 Å². The van der Waals surface area contributed by atoms with Gasteiger partial charge in [-0.2, -0.15) is 0 Å². The van der Waals surface area contributed by atoms with Crippen LogP contribution in [0.15, 0.2) is 58.3 Å². The van der Waals surface area contributed by atoms with Gasteiger partial charge < -0.3 is 0 Å². The summed E-state index contributed by atoms with van der Waals surface area (Å²) in [6.07, 6.45) is 13.1. The first-order valence-electron chi connectivity index (χ1n) is 10.7. The maximum atomic E-state index is 2.30. The Kier molecular flexibility index (Phi) is 13.5. The fraction of sp³-hybridized carbons (Fsp3) is 0.500. The summed E-state index contributed by atoms with van der Waals surface area (Å²) in [7, 11) is 7.42. The van der Waals surface area contributed by atoms with Crippen molar-refractivity contribution in [2.75, 3.05) is 0 Å². The number of hydrogen-bond donors (Lipinski definition) is 0. The van der Waals surface area contributed by atoms with Gasteiger partial charge in [0.05, 0.1) is 0 Å². The molecule has 0 nitrogen and oxygen atoms in total. The van der Waals surface area contributed by atoms with Gasteiger partial charge in [-0.15, -0.1) is 0 Å². The molecule has 0 aliphatic heterocycles. The van der Waals surface area contributed by atoms with Crippen LogP contribution < -0.4 is 0 Å². The molecule has 0 amide bonds. The number of hydrogen-bond acceptors (Lipinski definition) is 4. The van der Waals surface area contributed by atoms with E-state index < -0.39 is 0 Å². The zero-order valence-corrected chi connectivity index (χ0v) is 20.6. The van der Waals surface area contributed by atoms with Crippen molar-refractivity contribution in [3.63, 3.8) is 0 Å². The summed E-state index contributed by atoms with van der Waals surface area (Å²) in [4.78, 5) is 2.69. The third kappa shape index (κ3) is 10.6. The Hall–Kier alpha value is -0.160. The SMILES string of the molecule is CCCCCCc1ccc(SSSSc2ccc(CCCCCC)cc2)cc1. The van der Waals surface area contributed by atoms with E-state index in [0.717, 1.165) is 0 Å². The summed E-state index contributed by atoms with van der Waals surface area (Å²) in [6.45, 7) is 4.54. The van der Waals surface area contributed by atoms with Gasteiger partial charge in [0.1, 0.15) is 0 Å². The Morgan fingerprint density at radius 1 is 0.500 bits per heavy atom. The lowest BCUT2D eigenvalue weighted by Gasteiger charge is -2.05. The highest BCUT2D eigenvalue weighted by Gasteiger charge is 2.01. The first-order chi connectivity index (χ1) is 13.8. The molecule has 0 radical (unpaired) electrons. The van der Waals surface area contributed by atoms with Crippen LogP contribution in [0.1, 0.15) is 76.3 Å². The highest BCUT2D eigenvalue weighted by Crippen LogP contribution is 2.49. The highest BCUT2D eigenvalue weighted by atomic mass is 33.7. The average Bonchev–Trinajstić information content (AvgIpc) is 2.74. The molecule has 0 aliphatic carbocycles. The van der Waals surface area contributed by atoms with Gasteiger partial charge in [0.2, 0.25) is 0 Å². The van der Waals surface area contributed by atoms with Crippen LogP contribution in [0.25, 0.3) is 0 Å². The second kappa shape index (κ2) is 15.6. The van der Waals surface area contributed by atoms with Gasteiger partial charge in [-0.3, -0.25) is 0 Å². The van der Waals surface area contributed by atoms with Crippen molar-refractivity contribution in [1.82, 2.24) is 0 Å². The standard InChI is InChI=1S/C24H34S4/c1-3-5-7-9-11-21-13-17-23(18-14-21)25-27-28-26-24-19-15-22(16-20-24)12-10-8-6-4-2/h13-20H,3-12H2,1-2H3. The van der Waals surface area contributed by atoms with Crippen molar-refractivity contribution < 1.29 is 0 Å². The minimum Gasteiger partial charge on any atom is -0.0654 e. The molecule has 0 fully saturated rings. The molecule has 0 N–H and O–H groups in total. The lowest BCUT2D eigenvalue weighted by molar-refractivity contribution is 0.667. The van der Waals surface area contributed by atoms with E-state index in [2.05, 4.69) is 62.4 Å². The zero-order chi connectivity index (χ0) is 19.9. The largest absolute Gasteiger partial charge is 0.0654 e. The number of unbranched alkanes of at least 4 members (excludes halogenated alkanes) is 6. The van der Waals surface area contributed by atoms with Gasteiger partial charge in [-0.1, -0.05) is 76.6 Å². The molecule has 0 spiro atoms. The third-order valence-corrected chi connectivity index (χ3v) is 10.8. The van der Waals surface area contributed by atoms with Crippen LogP contribution in [0.5, 0.6) is 0 Å². The summed E-state index contributed by atoms with van der Waals surface area (Å²) < 4.78 is 0. The topological polar surface area (TPSA) is 0 Å². The van der Waals surface area contributed by atoms with Gasteiger partial charge >= 0.3 is 0 Å². The monoisotopic (exact) mass is 450 g/mol. The van der Waals surface area contributed by atoms with Crippen LogP contribution in [0.2, 0.25) is 0 Å². The molecular weight excluding hydrogens is 417 g/mol. The van der Waals surface area contributed by atoms with Crippen molar-refractivity contribution in [3.05, 3.63) is 59.7 Å². The van der Waals surface area contributed by atoms with E-state index in [1.54, 1.807) is 0 Å². The van der Waals surface area contributed by atoms with Crippen LogP contribution in [-0.4, -0.2) is 0 Å². The molecule has 0 atom stereocenters. The summed E-state index contributed by atoms with van der Waals surface area (Å²) in [5, 5.41) is 0. The van der Waals surface area contributed by atoms with E-state index in [1.165, 1.54) is 85.1 Å². The molecule has 0 aliphatic rings. The Morgan fingerprint density at radius 2 is 0.893 bits per heavy atom. The van der Waals surface area contributed by atoms with Crippen LogP contribution in [-0.2, 0) is 12.8 Å². The van der Waals surface area contributed by atoms with Crippen molar-refractivity contribution in [3.8, 4) is 0 Å². The minimum absolute atomic E-state index is 1.22. The van der Waals surface area contributed by atoms with E-state index in [1.807, 2.05) is 41.2 Å². The molecule has 28 heavy (non-hydrogen) atoms. The van der Waals surface area contributed by atoms with Crippen molar-refractivity contribution in [2.24, 2.45) is 0 Å². The maximum absolute atomic E-state index is 2.30. The Labute approximate surface area is 188 Å². The molecule has 0 heterocycles. The Balaban J connectivity index is 1.60. The van der Waals surface area contributed by atoms with Crippen LogP contribution >= 0.6 is 41.2 Å². The number of aryl methyl sites for hydroxylation is 2. The smallest absolute Gasteiger partial charge is 0.0191 e. The van der Waals surface area contributed by atoms with E-state index in [0.29, 0.717) is 0 Å². The zero-order valence-electron chi connectivity index (χ0n) is 17.3. The van der Waals surface area contributed by atoms with E-state index in [9.17, 15) is 0 Å². The molecule has 2 rings (SSSR count). The average molecular weight is 451 g/mol. The van der Waals surface area contributed by atoms with E-state index >= 15 is 0 Å². The molecule has 0 unspecified atom stereocenters. The maximum Gasteiger partial charge on any atom is 0.0191 e. The van der Waals surface area contributed by atoms with Gasteiger partial charge in [-0.05, 0) is 102 Å². The summed E-state index contributed by atoms with van der Waals surface area (Å²) in [6, 6.07) is 18.3. The van der Waals surface area contributed by atoms with E-state index in [4.69, 9.17) is 0 Å². The van der Waals surface area contributed by atoms with Crippen molar-refractivity contribution in [2.45, 2.75) is 87.8 Å². The molecule has 2 aromatic rings. The first kappa shape index (κ1) is 24.1. The quantitative estimate of drug-likeness (QED) is 0.195. The third-order valence-electron chi connectivity index (χ3n) is 4.77. The number of benzene rings is 2. The van der Waals surface area contributed by atoms with Crippen molar-refractivity contribution in [1.29, 1.82) is 0 Å². The Morgan fingerprint density at radius 3 is 1.25 bits per heavy atom. The molecule has 4 heteroatoms. The van der Waals surface area contributed by atoms with E-state index in [-0.39, 0.29) is 0 Å². The predicted octanol–water partition coefficient (Wildman–Crippen LogP) is 10.0. The minimum atomic E-state index is 1.22. The summed E-state index contributed by atoms with van der Waals surface area (Å²) >= 11 is 0. The first-order valence-corrected chi connectivity index (χ1v) is 15.5. The molecular formula is C24H34S4. The Bertz CT molecular complexity index is 565. The molecule has 154 valence electrons. The van der Waals surface area contributed by atoms with Gasteiger partial charge in [0.25, 0.3) is 0 Å². The molecule has 0 saturated carbocycles. The van der Waals surface area contributed by atoms with Crippen molar-refractivity contribution >= 4 is 41.2 Å². The van der Waals surface area contributed by atoms with Crippen LogP contribution in [0.4, 0.5) is 0 Å². The molecule has 2 aromatic carbocycles. The second-order valence-electron chi connectivity index (χ2n) is 7.21. The fourth-order valence-electron chi connectivity index (χ4n) is 3.04. The summed E-state index contributed by atoms with van der Waals surface area (Å²) in [5.74, 6) is 0. The van der Waals surface area contributed by atoms with Crippen LogP contribution in [0.3, 0.4) is 0 Å². The molecule has 0 bridgehead atoms. The normalized spacial score (nSPS) is 11.1. The lowest BCUT2D eigenvalue weighted by Crippen LogP contribution is -1.85.